The Balaban J connectivity index is 2.04. The normalized spacial score (nSPS) is 36.0. The Bertz CT molecular complexity index is 167. The molecule has 0 heterocycles. The van der Waals surface area contributed by atoms with Crippen molar-refractivity contribution in [1.82, 2.24) is 0 Å². The van der Waals surface area contributed by atoms with E-state index < -0.39 is 0 Å². The largest absolute Gasteiger partial charge is 0.327 e. The van der Waals surface area contributed by atoms with Gasteiger partial charge in [-0.25, -0.2) is 0 Å². The second-order valence-corrected chi connectivity index (χ2v) is 5.19. The summed E-state index contributed by atoms with van der Waals surface area (Å²) in [5.74, 6) is 0.828. The second-order valence-electron chi connectivity index (χ2n) is 5.19. The van der Waals surface area contributed by atoms with Crippen LogP contribution >= 0.6 is 0 Å². The zero-order valence-corrected chi connectivity index (χ0v) is 10.2. The van der Waals surface area contributed by atoms with E-state index >= 15 is 0 Å². The number of rotatable bonds is 7. The van der Waals surface area contributed by atoms with Crippen LogP contribution < -0.4 is 5.73 Å². The van der Waals surface area contributed by atoms with E-state index in [1.54, 1.807) is 0 Å². The van der Waals surface area contributed by atoms with Gasteiger partial charge in [-0.15, -0.1) is 0 Å². The lowest BCUT2D eigenvalue weighted by atomic mass is 9.99. The average Bonchev–Trinajstić information content (AvgIpc) is 2.71. The standard InChI is InChI=1S/C13H27N/c1-4-6-7-8-9-10-11-12(14)13(11,3)5-2/h11-12H,4-10,14H2,1-3H3. The van der Waals surface area contributed by atoms with Gasteiger partial charge in [0, 0.05) is 6.04 Å². The number of nitrogens with two attached hydrogens (primary N) is 1. The SMILES string of the molecule is CCCCCCCC1C(N)C1(C)CC. The Kier molecular flexibility index (Phi) is 4.43. The lowest BCUT2D eigenvalue weighted by Crippen LogP contribution is -2.08. The Morgan fingerprint density at radius 2 is 1.71 bits per heavy atom. The minimum absolute atomic E-state index is 0.491. The van der Waals surface area contributed by atoms with Crippen LogP contribution in [0.2, 0.25) is 0 Å². The van der Waals surface area contributed by atoms with Crippen LogP contribution in [0, 0.1) is 11.3 Å². The highest BCUT2D eigenvalue weighted by Crippen LogP contribution is 2.55. The number of hydrogen-bond acceptors (Lipinski definition) is 1. The fourth-order valence-electron chi connectivity index (χ4n) is 2.67. The highest BCUT2D eigenvalue weighted by Gasteiger charge is 2.56. The van der Waals surface area contributed by atoms with Crippen LogP contribution in [0.25, 0.3) is 0 Å². The molecule has 0 bridgehead atoms. The minimum Gasteiger partial charge on any atom is -0.327 e. The molecule has 3 atom stereocenters. The van der Waals surface area contributed by atoms with Gasteiger partial charge >= 0.3 is 0 Å². The molecule has 1 heteroatoms. The summed E-state index contributed by atoms with van der Waals surface area (Å²) in [6, 6.07) is 0.499. The number of hydrogen-bond donors (Lipinski definition) is 1. The van der Waals surface area contributed by atoms with Gasteiger partial charge in [0.05, 0.1) is 0 Å². The lowest BCUT2D eigenvalue weighted by Gasteiger charge is -2.06. The first-order valence-corrected chi connectivity index (χ1v) is 6.42. The summed E-state index contributed by atoms with van der Waals surface area (Å²) in [6.07, 6.45) is 9.60. The van der Waals surface area contributed by atoms with Gasteiger partial charge in [0.15, 0.2) is 0 Å². The van der Waals surface area contributed by atoms with Crippen LogP contribution in [0.1, 0.15) is 65.7 Å². The van der Waals surface area contributed by atoms with Crippen LogP contribution in [-0.2, 0) is 0 Å². The summed E-state index contributed by atoms with van der Waals surface area (Å²) in [5, 5.41) is 0. The molecule has 0 spiro atoms. The van der Waals surface area contributed by atoms with Gasteiger partial charge in [0.1, 0.15) is 0 Å². The van der Waals surface area contributed by atoms with Gasteiger partial charge in [-0.1, -0.05) is 52.9 Å². The second kappa shape index (κ2) is 5.16. The summed E-state index contributed by atoms with van der Waals surface area (Å²) in [7, 11) is 0. The number of unbranched alkanes of at least 4 members (excludes halogenated alkanes) is 4. The van der Waals surface area contributed by atoms with Gasteiger partial charge in [-0.3, -0.25) is 0 Å². The molecule has 14 heavy (non-hydrogen) atoms. The lowest BCUT2D eigenvalue weighted by molar-refractivity contribution is 0.449. The van der Waals surface area contributed by atoms with E-state index in [0.717, 1.165) is 5.92 Å². The van der Waals surface area contributed by atoms with Gasteiger partial charge < -0.3 is 5.73 Å². The maximum atomic E-state index is 6.10. The van der Waals surface area contributed by atoms with Crippen molar-refractivity contribution in [1.29, 1.82) is 0 Å². The molecule has 0 aliphatic heterocycles. The molecule has 0 saturated heterocycles. The summed E-state index contributed by atoms with van der Waals surface area (Å²) in [5.41, 5.74) is 6.59. The molecule has 1 aliphatic rings. The molecular weight excluding hydrogens is 170 g/mol. The Hall–Kier alpha value is -0.0400. The average molecular weight is 197 g/mol. The molecule has 84 valence electrons. The fraction of sp³-hybridized carbons (Fsp3) is 1.00. The fourth-order valence-corrected chi connectivity index (χ4v) is 2.67. The molecule has 0 radical (unpaired) electrons. The Labute approximate surface area is 89.5 Å². The molecule has 1 fully saturated rings. The van der Waals surface area contributed by atoms with Crippen LogP contribution in [0.5, 0.6) is 0 Å². The van der Waals surface area contributed by atoms with Crippen LogP contribution in [0.3, 0.4) is 0 Å². The molecule has 0 amide bonds. The van der Waals surface area contributed by atoms with E-state index in [1.165, 1.54) is 44.9 Å². The monoisotopic (exact) mass is 197 g/mol. The van der Waals surface area contributed by atoms with Crippen molar-refractivity contribution >= 4 is 0 Å². The zero-order valence-electron chi connectivity index (χ0n) is 10.2. The van der Waals surface area contributed by atoms with Crippen molar-refractivity contribution in [3.8, 4) is 0 Å². The highest BCUT2D eigenvalue weighted by atomic mass is 14.8. The molecule has 3 unspecified atom stereocenters. The highest BCUT2D eigenvalue weighted by molar-refractivity contribution is 5.10. The van der Waals surface area contributed by atoms with E-state index in [1.807, 2.05) is 0 Å². The van der Waals surface area contributed by atoms with Crippen molar-refractivity contribution in [2.75, 3.05) is 0 Å². The zero-order chi connectivity index (χ0) is 10.6. The van der Waals surface area contributed by atoms with Crippen molar-refractivity contribution in [2.45, 2.75) is 71.8 Å². The molecular formula is C13H27N. The first kappa shape index (κ1) is 12.0. The summed E-state index contributed by atoms with van der Waals surface area (Å²) in [6.45, 7) is 6.90. The first-order chi connectivity index (χ1) is 6.66. The maximum absolute atomic E-state index is 6.10. The summed E-state index contributed by atoms with van der Waals surface area (Å²) in [4.78, 5) is 0. The molecule has 2 N–H and O–H groups in total. The predicted molar refractivity (Wildman–Crippen MR) is 63.2 cm³/mol. The van der Waals surface area contributed by atoms with Crippen molar-refractivity contribution in [3.63, 3.8) is 0 Å². The van der Waals surface area contributed by atoms with E-state index in [9.17, 15) is 0 Å². The quantitative estimate of drug-likeness (QED) is 0.618. The molecule has 0 aromatic carbocycles. The Morgan fingerprint density at radius 1 is 1.07 bits per heavy atom. The molecule has 0 aromatic rings. The summed E-state index contributed by atoms with van der Waals surface area (Å²) < 4.78 is 0. The van der Waals surface area contributed by atoms with Gasteiger partial charge in [-0.05, 0) is 24.2 Å². The third-order valence-corrected chi connectivity index (χ3v) is 4.31. The van der Waals surface area contributed by atoms with Crippen molar-refractivity contribution in [2.24, 2.45) is 17.1 Å². The smallest absolute Gasteiger partial charge is 0.0130 e. The third-order valence-electron chi connectivity index (χ3n) is 4.31. The summed E-state index contributed by atoms with van der Waals surface area (Å²) >= 11 is 0. The van der Waals surface area contributed by atoms with Crippen molar-refractivity contribution < 1.29 is 0 Å². The van der Waals surface area contributed by atoms with E-state index in [4.69, 9.17) is 5.73 Å². The first-order valence-electron chi connectivity index (χ1n) is 6.42. The van der Waals surface area contributed by atoms with Gasteiger partial charge in [0.2, 0.25) is 0 Å². The molecule has 1 nitrogen and oxygen atoms in total. The predicted octanol–water partition coefficient (Wildman–Crippen LogP) is 3.72. The van der Waals surface area contributed by atoms with Gasteiger partial charge in [0.25, 0.3) is 0 Å². The van der Waals surface area contributed by atoms with E-state index in [0.29, 0.717) is 11.5 Å². The minimum atomic E-state index is 0.491. The van der Waals surface area contributed by atoms with Crippen LogP contribution in [0.15, 0.2) is 0 Å². The topological polar surface area (TPSA) is 26.0 Å². The van der Waals surface area contributed by atoms with Crippen molar-refractivity contribution in [3.05, 3.63) is 0 Å². The Morgan fingerprint density at radius 3 is 2.21 bits per heavy atom. The molecule has 1 aliphatic carbocycles. The van der Waals surface area contributed by atoms with E-state index in [-0.39, 0.29) is 0 Å². The van der Waals surface area contributed by atoms with Crippen LogP contribution in [-0.4, -0.2) is 6.04 Å². The maximum Gasteiger partial charge on any atom is 0.0130 e. The van der Waals surface area contributed by atoms with Gasteiger partial charge in [-0.2, -0.15) is 0 Å². The molecule has 1 rings (SSSR count). The molecule has 0 aromatic heterocycles. The third kappa shape index (κ3) is 2.50. The van der Waals surface area contributed by atoms with Crippen LogP contribution in [0.4, 0.5) is 0 Å². The molecule has 1 saturated carbocycles. The van der Waals surface area contributed by atoms with E-state index in [2.05, 4.69) is 20.8 Å².